The second kappa shape index (κ2) is 4.99. The van der Waals surface area contributed by atoms with Crippen LogP contribution in [-0.2, 0) is 9.59 Å². The molecule has 1 saturated heterocycles. The van der Waals surface area contributed by atoms with Crippen molar-refractivity contribution in [2.75, 3.05) is 0 Å². The number of carboxylic acid groups (broad SMARTS) is 1. The molecule has 2 heterocycles. The Bertz CT molecular complexity index is 513. The van der Waals surface area contributed by atoms with Crippen molar-refractivity contribution in [1.29, 1.82) is 0 Å². The second-order valence-electron chi connectivity index (χ2n) is 5.22. The molecule has 19 heavy (non-hydrogen) atoms. The number of aryl methyl sites for hydroxylation is 1. The molecule has 0 bridgehead atoms. The predicted molar refractivity (Wildman–Crippen MR) is 69.4 cm³/mol. The molecule has 1 aromatic rings. The van der Waals surface area contributed by atoms with Crippen molar-refractivity contribution in [1.82, 2.24) is 9.88 Å². The van der Waals surface area contributed by atoms with Crippen LogP contribution < -0.4 is 0 Å². The van der Waals surface area contributed by atoms with Crippen molar-refractivity contribution in [3.8, 4) is 0 Å². The van der Waals surface area contributed by atoms with E-state index in [0.717, 1.165) is 11.1 Å². The smallest absolute Gasteiger partial charge is 0.309 e. The fourth-order valence-electron chi connectivity index (χ4n) is 2.74. The SMILES string of the molecule is Cc1ccncc1C1C(C(=O)O)CC(=O)N1C(C)C. The molecule has 0 spiro atoms. The third-order valence-corrected chi connectivity index (χ3v) is 3.64. The summed E-state index contributed by atoms with van der Waals surface area (Å²) in [6.45, 7) is 5.72. The molecule has 1 aliphatic heterocycles. The summed E-state index contributed by atoms with van der Waals surface area (Å²) < 4.78 is 0. The molecular weight excluding hydrogens is 244 g/mol. The fraction of sp³-hybridized carbons (Fsp3) is 0.500. The lowest BCUT2D eigenvalue weighted by molar-refractivity contribution is -0.142. The van der Waals surface area contributed by atoms with E-state index in [1.54, 1.807) is 17.3 Å². The van der Waals surface area contributed by atoms with Gasteiger partial charge in [-0.1, -0.05) is 0 Å². The minimum absolute atomic E-state index is 0.0264. The maximum atomic E-state index is 12.1. The number of nitrogens with zero attached hydrogens (tertiary/aromatic N) is 2. The van der Waals surface area contributed by atoms with Crippen molar-refractivity contribution in [2.24, 2.45) is 5.92 Å². The van der Waals surface area contributed by atoms with Gasteiger partial charge in [-0.05, 0) is 38.0 Å². The summed E-state index contributed by atoms with van der Waals surface area (Å²) in [7, 11) is 0. The topological polar surface area (TPSA) is 70.5 Å². The molecule has 2 atom stereocenters. The van der Waals surface area contributed by atoms with Crippen LogP contribution in [0.2, 0.25) is 0 Å². The van der Waals surface area contributed by atoms with E-state index >= 15 is 0 Å². The van der Waals surface area contributed by atoms with E-state index in [-0.39, 0.29) is 18.4 Å². The zero-order valence-corrected chi connectivity index (χ0v) is 11.3. The van der Waals surface area contributed by atoms with Crippen molar-refractivity contribution in [3.05, 3.63) is 29.6 Å². The Kier molecular flexibility index (Phi) is 3.55. The Hall–Kier alpha value is -1.91. The molecule has 0 saturated carbocycles. The molecule has 1 aliphatic rings. The molecule has 0 radical (unpaired) electrons. The Morgan fingerprint density at radius 3 is 2.74 bits per heavy atom. The van der Waals surface area contributed by atoms with Crippen LogP contribution in [0, 0.1) is 12.8 Å². The maximum Gasteiger partial charge on any atom is 0.309 e. The van der Waals surface area contributed by atoms with Crippen LogP contribution in [-0.4, -0.2) is 32.9 Å². The van der Waals surface area contributed by atoms with Gasteiger partial charge in [-0.15, -0.1) is 0 Å². The molecule has 0 aliphatic carbocycles. The monoisotopic (exact) mass is 262 g/mol. The van der Waals surface area contributed by atoms with E-state index < -0.39 is 17.9 Å². The molecule has 0 aromatic carbocycles. The van der Waals surface area contributed by atoms with Gasteiger partial charge in [-0.25, -0.2) is 0 Å². The van der Waals surface area contributed by atoms with Crippen LogP contribution >= 0.6 is 0 Å². The average molecular weight is 262 g/mol. The van der Waals surface area contributed by atoms with Gasteiger partial charge in [0.25, 0.3) is 0 Å². The van der Waals surface area contributed by atoms with Crippen LogP contribution in [0.5, 0.6) is 0 Å². The summed E-state index contributed by atoms with van der Waals surface area (Å²) in [6, 6.07) is 1.40. The van der Waals surface area contributed by atoms with Crippen molar-refractivity contribution >= 4 is 11.9 Å². The first-order valence-electron chi connectivity index (χ1n) is 6.38. The maximum absolute atomic E-state index is 12.1. The number of amides is 1. The van der Waals surface area contributed by atoms with Gasteiger partial charge in [0.05, 0.1) is 12.0 Å². The van der Waals surface area contributed by atoms with Gasteiger partial charge in [0, 0.05) is 24.9 Å². The summed E-state index contributed by atoms with van der Waals surface area (Å²) in [5, 5.41) is 9.35. The number of hydrogen-bond donors (Lipinski definition) is 1. The van der Waals surface area contributed by atoms with Crippen LogP contribution in [0.25, 0.3) is 0 Å². The third kappa shape index (κ3) is 2.32. The molecule has 2 rings (SSSR count). The summed E-state index contributed by atoms with van der Waals surface area (Å²) in [6.07, 6.45) is 3.40. The Balaban J connectivity index is 2.50. The first-order chi connectivity index (χ1) is 8.93. The van der Waals surface area contributed by atoms with E-state index in [0.29, 0.717) is 0 Å². The lowest BCUT2D eigenvalue weighted by Crippen LogP contribution is -2.36. The van der Waals surface area contributed by atoms with Gasteiger partial charge < -0.3 is 10.0 Å². The predicted octanol–water partition coefficient (Wildman–Crippen LogP) is 1.77. The number of carbonyl (C=O) groups excluding carboxylic acids is 1. The van der Waals surface area contributed by atoms with Gasteiger partial charge in [0.2, 0.25) is 5.91 Å². The highest BCUT2D eigenvalue weighted by molar-refractivity contribution is 5.87. The number of pyridine rings is 1. The summed E-state index contributed by atoms with van der Waals surface area (Å²) in [5.41, 5.74) is 1.79. The summed E-state index contributed by atoms with van der Waals surface area (Å²) in [5.74, 6) is -1.72. The Morgan fingerprint density at radius 2 is 2.21 bits per heavy atom. The highest BCUT2D eigenvalue weighted by atomic mass is 16.4. The van der Waals surface area contributed by atoms with E-state index in [4.69, 9.17) is 0 Å². The van der Waals surface area contributed by atoms with E-state index in [2.05, 4.69) is 4.98 Å². The quantitative estimate of drug-likeness (QED) is 0.901. The van der Waals surface area contributed by atoms with Gasteiger partial charge in [0.15, 0.2) is 0 Å². The molecule has 1 aromatic heterocycles. The van der Waals surface area contributed by atoms with Crippen LogP contribution in [0.4, 0.5) is 0 Å². The number of hydrogen-bond acceptors (Lipinski definition) is 3. The fourth-order valence-corrected chi connectivity index (χ4v) is 2.74. The molecule has 5 nitrogen and oxygen atoms in total. The first-order valence-corrected chi connectivity index (χ1v) is 6.38. The minimum Gasteiger partial charge on any atom is -0.481 e. The molecule has 1 amide bonds. The van der Waals surface area contributed by atoms with Crippen molar-refractivity contribution in [3.63, 3.8) is 0 Å². The largest absolute Gasteiger partial charge is 0.481 e. The van der Waals surface area contributed by atoms with Gasteiger partial charge >= 0.3 is 5.97 Å². The van der Waals surface area contributed by atoms with Gasteiger partial charge in [0.1, 0.15) is 0 Å². The first kappa shape index (κ1) is 13.5. The van der Waals surface area contributed by atoms with Crippen LogP contribution in [0.3, 0.4) is 0 Å². The van der Waals surface area contributed by atoms with E-state index in [1.807, 2.05) is 26.8 Å². The van der Waals surface area contributed by atoms with Crippen molar-refractivity contribution < 1.29 is 14.7 Å². The molecule has 1 N–H and O–H groups in total. The average Bonchev–Trinajstić information content (AvgIpc) is 2.67. The minimum atomic E-state index is -0.926. The zero-order chi connectivity index (χ0) is 14.2. The van der Waals surface area contributed by atoms with Crippen molar-refractivity contribution in [2.45, 2.75) is 39.3 Å². The normalized spacial score (nSPS) is 23.2. The lowest BCUT2D eigenvalue weighted by atomic mass is 9.92. The molecular formula is C14H18N2O3. The summed E-state index contributed by atoms with van der Waals surface area (Å²) in [4.78, 5) is 29.2. The second-order valence-corrected chi connectivity index (χ2v) is 5.22. The zero-order valence-electron chi connectivity index (χ0n) is 11.3. The lowest BCUT2D eigenvalue weighted by Gasteiger charge is -2.31. The number of carbonyl (C=O) groups is 2. The highest BCUT2D eigenvalue weighted by Gasteiger charge is 2.46. The molecule has 5 heteroatoms. The Morgan fingerprint density at radius 1 is 1.53 bits per heavy atom. The Labute approximate surface area is 112 Å². The van der Waals surface area contributed by atoms with Crippen LogP contribution in [0.1, 0.15) is 37.4 Å². The molecule has 2 unspecified atom stereocenters. The number of carboxylic acids is 1. The molecule has 1 fully saturated rings. The van der Waals surface area contributed by atoms with Crippen LogP contribution in [0.15, 0.2) is 18.5 Å². The highest BCUT2D eigenvalue weighted by Crippen LogP contribution is 2.40. The summed E-state index contributed by atoms with van der Waals surface area (Å²) >= 11 is 0. The number of rotatable bonds is 3. The van der Waals surface area contributed by atoms with E-state index in [9.17, 15) is 14.7 Å². The van der Waals surface area contributed by atoms with Gasteiger partial charge in [-0.3, -0.25) is 14.6 Å². The molecule has 102 valence electrons. The number of aliphatic carboxylic acids is 1. The standard InChI is InChI=1S/C14H18N2O3/c1-8(2)16-12(17)6-10(14(18)19)13(16)11-7-15-5-4-9(11)3/h4-5,7-8,10,13H,6H2,1-3H3,(H,18,19). The number of likely N-dealkylation sites (tertiary alicyclic amines) is 1. The third-order valence-electron chi connectivity index (χ3n) is 3.64. The number of aromatic nitrogens is 1. The van der Waals surface area contributed by atoms with E-state index in [1.165, 1.54) is 0 Å². The van der Waals surface area contributed by atoms with Gasteiger partial charge in [-0.2, -0.15) is 0 Å².